The molecule has 3 N–H and O–H groups in total. The Morgan fingerprint density at radius 3 is 3.04 bits per heavy atom. The molecule has 0 spiro atoms. The summed E-state index contributed by atoms with van der Waals surface area (Å²) in [4.78, 5) is 13.1. The van der Waals surface area contributed by atoms with Gasteiger partial charge in [-0.3, -0.25) is 14.7 Å². The number of aromatic nitrogens is 2. The molecule has 1 aliphatic rings. The van der Waals surface area contributed by atoms with Gasteiger partial charge in [0.05, 0.1) is 17.6 Å². The third kappa shape index (κ3) is 4.10. The van der Waals surface area contributed by atoms with Gasteiger partial charge in [-0.15, -0.1) is 0 Å². The molecular weight excluding hydrogens is 358 g/mol. The van der Waals surface area contributed by atoms with Crippen molar-refractivity contribution < 1.29 is 0 Å². The number of rotatable bonds is 5. The van der Waals surface area contributed by atoms with Crippen LogP contribution in [0.1, 0.15) is 16.5 Å². The lowest BCUT2D eigenvalue weighted by molar-refractivity contribution is 0.887. The molecule has 8 heteroatoms. The molecule has 0 amide bonds. The van der Waals surface area contributed by atoms with Gasteiger partial charge < -0.3 is 10.6 Å². The third-order valence-corrected chi connectivity index (χ3v) is 4.99. The predicted octanol–water partition coefficient (Wildman–Crippen LogP) is 2.81. The smallest absolute Gasteiger partial charge is 0.202 e. The van der Waals surface area contributed by atoms with Gasteiger partial charge in [-0.1, -0.05) is 12.1 Å². The molecule has 1 aromatic carbocycles. The summed E-state index contributed by atoms with van der Waals surface area (Å²) in [5.41, 5.74) is 2.72. The second-order valence-corrected chi connectivity index (χ2v) is 6.81. The van der Waals surface area contributed by atoms with E-state index in [1.54, 1.807) is 36.5 Å². The van der Waals surface area contributed by atoms with Crippen LogP contribution in [0.3, 0.4) is 0 Å². The summed E-state index contributed by atoms with van der Waals surface area (Å²) in [5, 5.41) is 16.6. The number of aliphatic imine (C=N–C) groups is 1. The number of hydrogen-bond acceptors (Lipinski definition) is 6. The van der Waals surface area contributed by atoms with Crippen LogP contribution in [-0.2, 0) is 0 Å². The summed E-state index contributed by atoms with van der Waals surface area (Å²) in [7, 11) is 0. The van der Waals surface area contributed by atoms with Gasteiger partial charge in [-0.25, -0.2) is 4.98 Å². The first-order chi connectivity index (χ1) is 13.3. The normalized spacial score (nSPS) is 17.3. The average Bonchev–Trinajstić information content (AvgIpc) is 3.20. The number of nitrogens with one attached hydrogen (secondary N) is 3. The highest BCUT2D eigenvalue weighted by Crippen LogP contribution is 2.29. The number of fused-ring (bicyclic) bond motifs is 1. The van der Waals surface area contributed by atoms with Crippen LogP contribution in [-0.4, -0.2) is 29.0 Å². The Kier molecular flexibility index (Phi) is 5.03. The molecule has 134 valence electrons. The number of nitrogens with zero attached hydrogens (tertiary/aromatic N) is 4. The number of pyridine rings is 2. The van der Waals surface area contributed by atoms with Crippen molar-refractivity contribution >= 4 is 34.6 Å². The zero-order valence-corrected chi connectivity index (χ0v) is 15.2. The van der Waals surface area contributed by atoms with Gasteiger partial charge in [-0.2, -0.15) is 5.26 Å². The molecule has 1 atom stereocenters. The van der Waals surface area contributed by atoms with Crippen molar-refractivity contribution in [3.8, 4) is 6.07 Å². The van der Waals surface area contributed by atoms with Gasteiger partial charge in [0.1, 0.15) is 17.3 Å². The summed E-state index contributed by atoms with van der Waals surface area (Å²) in [6.07, 6.45) is 3.35. The van der Waals surface area contributed by atoms with E-state index < -0.39 is 0 Å². The Morgan fingerprint density at radius 1 is 1.22 bits per heavy atom. The maximum Gasteiger partial charge on any atom is 0.202 e. The number of benzene rings is 1. The van der Waals surface area contributed by atoms with E-state index >= 15 is 0 Å². The van der Waals surface area contributed by atoms with E-state index in [9.17, 15) is 0 Å². The van der Waals surface area contributed by atoms with E-state index in [4.69, 9.17) is 5.26 Å². The van der Waals surface area contributed by atoms with Crippen LogP contribution in [0.4, 0.5) is 5.82 Å². The van der Waals surface area contributed by atoms with Crippen LogP contribution in [0, 0.1) is 11.3 Å². The Bertz CT molecular complexity index is 1010. The molecule has 3 aromatic rings. The largest absolute Gasteiger partial charge is 0.368 e. The lowest BCUT2D eigenvalue weighted by Gasteiger charge is -2.09. The molecular formula is C19H17N7S. The van der Waals surface area contributed by atoms with E-state index in [1.807, 2.05) is 12.1 Å². The Labute approximate surface area is 161 Å². The molecule has 0 aliphatic carbocycles. The lowest BCUT2D eigenvalue weighted by Crippen LogP contribution is -2.25. The molecule has 1 fully saturated rings. The Balaban J connectivity index is 1.31. The van der Waals surface area contributed by atoms with Crippen LogP contribution in [0.15, 0.2) is 59.9 Å². The fourth-order valence-corrected chi connectivity index (χ4v) is 3.51. The van der Waals surface area contributed by atoms with Gasteiger partial charge in [-0.05, 0) is 47.8 Å². The fraction of sp³-hybridized carbons (Fsp3) is 0.158. The standard InChI is InChI=1S/C19H17N7S/c20-11-13-3-6-17(24-12-13)22-8-9-23-19-25-18(27-26-19)15-4-5-16-14(10-15)2-1-7-21-16/h1-7,10,12,18H,8-9H2,(H,22,24)(H2,23,25,26). The second kappa shape index (κ2) is 7.93. The van der Waals surface area contributed by atoms with E-state index in [0.717, 1.165) is 22.7 Å². The van der Waals surface area contributed by atoms with E-state index in [2.05, 4.69) is 54.6 Å². The molecule has 0 saturated carbocycles. The minimum Gasteiger partial charge on any atom is -0.368 e. The maximum absolute atomic E-state index is 8.77. The van der Waals surface area contributed by atoms with Crippen molar-refractivity contribution in [1.82, 2.24) is 20.0 Å². The number of anilines is 1. The van der Waals surface area contributed by atoms with Crippen molar-refractivity contribution in [3.63, 3.8) is 0 Å². The molecule has 1 unspecified atom stereocenters. The third-order valence-electron chi connectivity index (χ3n) is 4.05. The van der Waals surface area contributed by atoms with Crippen molar-refractivity contribution in [2.24, 2.45) is 4.99 Å². The first kappa shape index (κ1) is 17.1. The van der Waals surface area contributed by atoms with Gasteiger partial charge in [0.25, 0.3) is 0 Å². The van der Waals surface area contributed by atoms with Gasteiger partial charge >= 0.3 is 0 Å². The van der Waals surface area contributed by atoms with Crippen molar-refractivity contribution in [3.05, 3.63) is 66.0 Å². The summed E-state index contributed by atoms with van der Waals surface area (Å²) >= 11 is 1.59. The second-order valence-electron chi connectivity index (χ2n) is 5.90. The minimum absolute atomic E-state index is 0.113. The van der Waals surface area contributed by atoms with Crippen LogP contribution in [0.2, 0.25) is 0 Å². The first-order valence-corrected chi connectivity index (χ1v) is 9.37. The molecule has 7 nitrogen and oxygen atoms in total. The topological polar surface area (TPSA) is 98.0 Å². The summed E-state index contributed by atoms with van der Waals surface area (Å²) in [6.45, 7) is 1.26. The van der Waals surface area contributed by atoms with E-state index in [0.29, 0.717) is 18.7 Å². The molecule has 2 aromatic heterocycles. The highest BCUT2D eigenvalue weighted by molar-refractivity contribution is 7.98. The predicted molar refractivity (Wildman–Crippen MR) is 108 cm³/mol. The van der Waals surface area contributed by atoms with Crippen LogP contribution >= 0.6 is 11.9 Å². The van der Waals surface area contributed by atoms with Crippen LogP contribution in [0.5, 0.6) is 0 Å². The Morgan fingerprint density at radius 2 is 2.19 bits per heavy atom. The minimum atomic E-state index is 0.113. The van der Waals surface area contributed by atoms with Gasteiger partial charge in [0, 0.05) is 24.3 Å². The van der Waals surface area contributed by atoms with Gasteiger partial charge in [0.15, 0.2) is 0 Å². The molecule has 1 saturated heterocycles. The number of hydrogen-bond donors (Lipinski definition) is 3. The zero-order chi connectivity index (χ0) is 18.5. The highest BCUT2D eigenvalue weighted by Gasteiger charge is 2.21. The lowest BCUT2D eigenvalue weighted by atomic mass is 10.1. The summed E-state index contributed by atoms with van der Waals surface area (Å²) in [5.74, 6) is 1.50. The quantitative estimate of drug-likeness (QED) is 0.466. The monoisotopic (exact) mass is 375 g/mol. The first-order valence-electron chi connectivity index (χ1n) is 8.49. The molecule has 27 heavy (non-hydrogen) atoms. The molecule has 4 rings (SSSR count). The number of nitriles is 1. The van der Waals surface area contributed by atoms with Gasteiger partial charge in [0.2, 0.25) is 5.96 Å². The maximum atomic E-state index is 8.77. The van der Waals surface area contributed by atoms with Crippen molar-refractivity contribution in [2.45, 2.75) is 5.37 Å². The molecule has 0 bridgehead atoms. The van der Waals surface area contributed by atoms with Crippen molar-refractivity contribution in [1.29, 1.82) is 5.26 Å². The zero-order valence-electron chi connectivity index (χ0n) is 14.4. The fourth-order valence-electron chi connectivity index (χ4n) is 2.70. The molecule has 1 aliphatic heterocycles. The summed E-state index contributed by atoms with van der Waals surface area (Å²) < 4.78 is 3.23. The molecule has 3 heterocycles. The average molecular weight is 375 g/mol. The molecule has 0 radical (unpaired) electrons. The summed E-state index contributed by atoms with van der Waals surface area (Å²) in [6, 6.07) is 15.9. The SMILES string of the molecule is N#Cc1ccc(NCCN=C2NSC(c3ccc4ncccc4c3)N2)nc1. The van der Waals surface area contributed by atoms with E-state index in [1.165, 1.54) is 5.56 Å². The highest BCUT2D eigenvalue weighted by atomic mass is 32.2. The van der Waals surface area contributed by atoms with Crippen molar-refractivity contribution in [2.75, 3.05) is 18.4 Å². The van der Waals surface area contributed by atoms with E-state index in [-0.39, 0.29) is 5.37 Å². The van der Waals surface area contributed by atoms with Crippen LogP contribution < -0.4 is 15.4 Å². The number of guanidine groups is 1. The van der Waals surface area contributed by atoms with Crippen LogP contribution in [0.25, 0.3) is 10.9 Å². The Hall–Kier alpha value is -3.31.